The third-order valence-corrected chi connectivity index (χ3v) is 2.91. The number of allylic oxidation sites excluding steroid dienone is 2. The number of hydrogen-bond donors (Lipinski definition) is 3. The Labute approximate surface area is 117 Å². The number of thiol groups is 1. The summed E-state index contributed by atoms with van der Waals surface area (Å²) < 4.78 is 0. The number of amides is 2. The molecule has 0 saturated carbocycles. The predicted octanol–water partition coefficient (Wildman–Crippen LogP) is 1.39. The average Bonchev–Trinajstić information content (AvgIpc) is 2.34. The van der Waals surface area contributed by atoms with Crippen LogP contribution in [0.3, 0.4) is 0 Å². The lowest BCUT2D eigenvalue weighted by Gasteiger charge is -2.21. The van der Waals surface area contributed by atoms with E-state index in [9.17, 15) is 9.59 Å². The summed E-state index contributed by atoms with van der Waals surface area (Å²) in [6, 6.07) is 7.93. The Balaban J connectivity index is 2.11. The maximum atomic E-state index is 11.6. The molecular formula is C14H14N2O2S. The molecule has 0 spiro atoms. The minimum Gasteiger partial charge on any atom is -0.323 e. The van der Waals surface area contributed by atoms with Crippen LogP contribution in [0.25, 0.3) is 6.08 Å². The smallest absolute Gasteiger partial charge is 0.259 e. The first kappa shape index (κ1) is 13.4. The fourth-order valence-corrected chi connectivity index (χ4v) is 1.86. The summed E-state index contributed by atoms with van der Waals surface area (Å²) in [5, 5.41) is 5.01. The summed E-state index contributed by atoms with van der Waals surface area (Å²) in [6.07, 6.45) is 5.00. The van der Waals surface area contributed by atoms with E-state index in [-0.39, 0.29) is 5.57 Å². The topological polar surface area (TPSA) is 58.2 Å². The van der Waals surface area contributed by atoms with Crippen LogP contribution < -0.4 is 10.6 Å². The lowest BCUT2D eigenvalue weighted by atomic mass is 10.1. The Hall–Kier alpha value is -2.01. The SMILES string of the molecule is Cc1ccc(/C=C/C=C2C(=O)NC(S)NC2=O)cc1. The van der Waals surface area contributed by atoms with Crippen LogP contribution in [0.5, 0.6) is 0 Å². The molecule has 0 aromatic heterocycles. The minimum absolute atomic E-state index is 0.0775. The van der Waals surface area contributed by atoms with Crippen LogP contribution in [-0.2, 0) is 9.59 Å². The first-order valence-corrected chi connectivity index (χ1v) is 6.33. The van der Waals surface area contributed by atoms with Crippen LogP contribution in [0, 0.1) is 6.92 Å². The maximum absolute atomic E-state index is 11.6. The summed E-state index contributed by atoms with van der Waals surface area (Å²) >= 11 is 3.97. The summed E-state index contributed by atoms with van der Waals surface area (Å²) in [4.78, 5) is 23.2. The van der Waals surface area contributed by atoms with Crippen molar-refractivity contribution in [2.24, 2.45) is 0 Å². The second-order valence-electron chi connectivity index (χ2n) is 4.20. The van der Waals surface area contributed by atoms with Crippen molar-refractivity contribution in [2.75, 3.05) is 0 Å². The molecule has 1 aromatic rings. The fourth-order valence-electron chi connectivity index (χ4n) is 1.63. The summed E-state index contributed by atoms with van der Waals surface area (Å²) in [5.41, 5.74) is 1.64. The summed E-state index contributed by atoms with van der Waals surface area (Å²) in [5.74, 6) is -0.838. The van der Waals surface area contributed by atoms with Gasteiger partial charge in [0.2, 0.25) is 0 Å². The van der Waals surface area contributed by atoms with Gasteiger partial charge in [-0.3, -0.25) is 9.59 Å². The first-order valence-electron chi connectivity index (χ1n) is 5.81. The van der Waals surface area contributed by atoms with Crippen molar-refractivity contribution in [3.63, 3.8) is 0 Å². The Morgan fingerprint density at radius 1 is 1.11 bits per heavy atom. The molecule has 0 bridgehead atoms. The highest BCUT2D eigenvalue weighted by molar-refractivity contribution is 7.80. The van der Waals surface area contributed by atoms with E-state index in [2.05, 4.69) is 23.3 Å². The maximum Gasteiger partial charge on any atom is 0.259 e. The first-order chi connectivity index (χ1) is 9.06. The number of hydrogen-bond acceptors (Lipinski definition) is 3. The minimum atomic E-state index is -0.627. The van der Waals surface area contributed by atoms with Gasteiger partial charge in [-0.15, -0.1) is 12.6 Å². The Morgan fingerprint density at radius 3 is 2.26 bits per heavy atom. The third-order valence-electron chi connectivity index (χ3n) is 2.65. The molecule has 2 rings (SSSR count). The molecular weight excluding hydrogens is 260 g/mol. The molecule has 0 radical (unpaired) electrons. The van der Waals surface area contributed by atoms with Crippen LogP contribution in [0.4, 0.5) is 0 Å². The molecule has 5 heteroatoms. The van der Waals surface area contributed by atoms with E-state index < -0.39 is 17.3 Å². The highest BCUT2D eigenvalue weighted by Gasteiger charge is 2.26. The zero-order chi connectivity index (χ0) is 13.8. The predicted molar refractivity (Wildman–Crippen MR) is 77.4 cm³/mol. The summed E-state index contributed by atoms with van der Waals surface area (Å²) in [6.45, 7) is 2.01. The molecule has 1 saturated heterocycles. The molecule has 19 heavy (non-hydrogen) atoms. The standard InChI is InChI=1S/C14H14N2O2S/c1-9-5-7-10(8-6-9)3-2-4-11-12(17)15-14(19)16-13(11)18/h2-8,14,19H,1H3,(H,15,17)(H,16,18)/b3-2+,11-4?. The van der Waals surface area contributed by atoms with Crippen molar-refractivity contribution in [3.05, 3.63) is 53.1 Å². The molecule has 0 atom stereocenters. The molecule has 2 N–H and O–H groups in total. The van der Waals surface area contributed by atoms with E-state index in [1.807, 2.05) is 37.3 Å². The molecule has 1 fully saturated rings. The van der Waals surface area contributed by atoms with Crippen LogP contribution in [-0.4, -0.2) is 17.3 Å². The number of aryl methyl sites for hydroxylation is 1. The van der Waals surface area contributed by atoms with Gasteiger partial charge in [-0.2, -0.15) is 0 Å². The van der Waals surface area contributed by atoms with Crippen molar-refractivity contribution < 1.29 is 9.59 Å². The normalized spacial score (nSPS) is 19.3. The fraction of sp³-hybridized carbons (Fsp3) is 0.143. The van der Waals surface area contributed by atoms with Gasteiger partial charge >= 0.3 is 0 Å². The van der Waals surface area contributed by atoms with Crippen LogP contribution >= 0.6 is 12.6 Å². The van der Waals surface area contributed by atoms with Gasteiger partial charge in [0, 0.05) is 0 Å². The van der Waals surface area contributed by atoms with E-state index >= 15 is 0 Å². The number of benzene rings is 1. The van der Waals surface area contributed by atoms with E-state index in [0.717, 1.165) is 5.56 Å². The van der Waals surface area contributed by atoms with Gasteiger partial charge in [0.25, 0.3) is 11.8 Å². The molecule has 1 aliphatic heterocycles. The summed E-state index contributed by atoms with van der Waals surface area (Å²) in [7, 11) is 0. The number of rotatable bonds is 2. The number of carbonyl (C=O) groups excluding carboxylic acids is 2. The molecule has 0 aliphatic carbocycles. The molecule has 1 aliphatic rings. The van der Waals surface area contributed by atoms with Gasteiger partial charge < -0.3 is 10.6 Å². The van der Waals surface area contributed by atoms with Crippen LogP contribution in [0.1, 0.15) is 11.1 Å². The molecule has 1 aromatic carbocycles. The van der Waals surface area contributed by atoms with Gasteiger partial charge in [0.1, 0.15) is 11.1 Å². The molecule has 98 valence electrons. The van der Waals surface area contributed by atoms with Crippen LogP contribution in [0.2, 0.25) is 0 Å². The molecule has 1 heterocycles. The Kier molecular flexibility index (Phi) is 4.06. The Bertz CT molecular complexity index is 541. The molecule has 0 unspecified atom stereocenters. The molecule has 4 nitrogen and oxygen atoms in total. The van der Waals surface area contributed by atoms with Crippen molar-refractivity contribution in [2.45, 2.75) is 12.4 Å². The van der Waals surface area contributed by atoms with Crippen LogP contribution in [0.15, 0.2) is 42.0 Å². The van der Waals surface area contributed by atoms with Crippen molar-refractivity contribution in [1.82, 2.24) is 10.6 Å². The lowest BCUT2D eigenvalue weighted by molar-refractivity contribution is -0.126. The van der Waals surface area contributed by atoms with Crippen molar-refractivity contribution >= 4 is 30.5 Å². The van der Waals surface area contributed by atoms with Crippen molar-refractivity contribution in [3.8, 4) is 0 Å². The average molecular weight is 274 g/mol. The van der Waals surface area contributed by atoms with E-state index in [1.54, 1.807) is 6.08 Å². The van der Waals surface area contributed by atoms with Gasteiger partial charge in [-0.05, 0) is 18.6 Å². The zero-order valence-electron chi connectivity index (χ0n) is 10.4. The van der Waals surface area contributed by atoms with Gasteiger partial charge in [0.15, 0.2) is 0 Å². The highest BCUT2D eigenvalue weighted by Crippen LogP contribution is 2.08. The zero-order valence-corrected chi connectivity index (χ0v) is 11.3. The van der Waals surface area contributed by atoms with Gasteiger partial charge in [-0.1, -0.05) is 42.0 Å². The largest absolute Gasteiger partial charge is 0.323 e. The third kappa shape index (κ3) is 3.48. The monoisotopic (exact) mass is 274 g/mol. The highest BCUT2D eigenvalue weighted by atomic mass is 32.1. The number of carbonyl (C=O) groups is 2. The van der Waals surface area contributed by atoms with Gasteiger partial charge in [0.05, 0.1) is 0 Å². The lowest BCUT2D eigenvalue weighted by Crippen LogP contribution is -2.52. The number of nitrogens with one attached hydrogen (secondary N) is 2. The van der Waals surface area contributed by atoms with E-state index in [0.29, 0.717) is 0 Å². The quantitative estimate of drug-likeness (QED) is 0.434. The second kappa shape index (κ2) is 5.75. The van der Waals surface area contributed by atoms with Gasteiger partial charge in [-0.25, -0.2) is 0 Å². The van der Waals surface area contributed by atoms with E-state index in [4.69, 9.17) is 0 Å². The van der Waals surface area contributed by atoms with E-state index in [1.165, 1.54) is 11.6 Å². The molecule has 2 amide bonds. The Morgan fingerprint density at radius 2 is 1.68 bits per heavy atom. The second-order valence-corrected chi connectivity index (χ2v) is 4.72. The van der Waals surface area contributed by atoms with Crippen molar-refractivity contribution in [1.29, 1.82) is 0 Å².